The molecule has 0 bridgehead atoms. The van der Waals surface area contributed by atoms with Crippen molar-refractivity contribution in [1.29, 1.82) is 0 Å². The summed E-state index contributed by atoms with van der Waals surface area (Å²) in [5, 5.41) is -3.82. The molecule has 1 aromatic carbocycles. The average molecular weight is 219 g/mol. The molecule has 0 aliphatic heterocycles. The molecule has 0 aromatic heterocycles. The number of aryl methyl sites for hydroxylation is 2. The Morgan fingerprint density at radius 1 is 1.29 bits per heavy atom. The Bertz CT molecular complexity index is 369. The Kier molecular flexibility index (Phi) is 2.90. The monoisotopic (exact) mass is 218 g/mol. The molecule has 0 spiro atoms. The maximum absolute atomic E-state index is 12.4. The quantitative estimate of drug-likeness (QED) is 0.550. The van der Waals surface area contributed by atoms with Crippen LogP contribution in [0.2, 0.25) is 0 Å². The first kappa shape index (κ1) is 11.1. The van der Waals surface area contributed by atoms with Gasteiger partial charge in [0.05, 0.1) is 0 Å². The van der Waals surface area contributed by atoms with E-state index in [0.717, 1.165) is 11.1 Å². The molecular weight excluding hydrogens is 210 g/mol. The fraction of sp³-hybridized carbons (Fsp3) is 0.300. The molecule has 0 radical (unpaired) electrons. The third-order valence-corrected chi connectivity index (χ3v) is 2.20. The summed E-state index contributed by atoms with van der Waals surface area (Å²) >= 11 is 4.63. The summed E-state index contributed by atoms with van der Waals surface area (Å²) in [6, 6.07) is 4.38. The van der Waals surface area contributed by atoms with Gasteiger partial charge in [-0.1, -0.05) is 12.1 Å². The first-order valence-electron chi connectivity index (χ1n) is 4.01. The number of benzene rings is 1. The van der Waals surface area contributed by atoms with E-state index in [-0.39, 0.29) is 5.56 Å². The number of carbonyl (C=O) groups is 1. The Morgan fingerprint density at radius 3 is 2.29 bits per heavy atom. The third-order valence-electron chi connectivity index (χ3n) is 2.03. The zero-order valence-electron chi connectivity index (χ0n) is 7.77. The highest BCUT2D eigenvalue weighted by Crippen LogP contribution is 2.25. The van der Waals surface area contributed by atoms with Gasteiger partial charge in [-0.15, -0.1) is 0 Å². The Morgan fingerprint density at radius 2 is 1.86 bits per heavy atom. The predicted molar refractivity (Wildman–Crippen MR) is 51.0 cm³/mol. The lowest BCUT2D eigenvalue weighted by molar-refractivity contribution is 0.0536. The van der Waals surface area contributed by atoms with E-state index in [0.29, 0.717) is 0 Å². The maximum Gasteiger partial charge on any atom is 0.384 e. The van der Waals surface area contributed by atoms with Crippen LogP contribution in [0, 0.1) is 13.8 Å². The van der Waals surface area contributed by atoms with E-state index in [1.54, 1.807) is 13.0 Å². The Hall–Kier alpha value is -0.960. The van der Waals surface area contributed by atoms with Gasteiger partial charge in [-0.3, -0.25) is 4.79 Å². The zero-order chi connectivity index (χ0) is 10.9. The van der Waals surface area contributed by atoms with E-state index in [1.807, 2.05) is 6.92 Å². The molecule has 0 fully saturated rings. The van der Waals surface area contributed by atoms with Crippen molar-refractivity contribution in [2.45, 2.75) is 19.2 Å². The maximum atomic E-state index is 12.4. The van der Waals surface area contributed by atoms with Crippen molar-refractivity contribution in [2.24, 2.45) is 0 Å². The fourth-order valence-corrected chi connectivity index (χ4v) is 1.16. The van der Waals surface area contributed by atoms with E-state index in [4.69, 9.17) is 0 Å². The number of carbonyl (C=O) groups excluding carboxylic acids is 1. The lowest BCUT2D eigenvalue weighted by Gasteiger charge is -2.08. The molecule has 4 heteroatoms. The highest BCUT2D eigenvalue weighted by molar-refractivity contribution is 6.35. The van der Waals surface area contributed by atoms with Gasteiger partial charge in [0.15, 0.2) is 0 Å². The van der Waals surface area contributed by atoms with Crippen LogP contribution < -0.4 is 0 Å². The first-order chi connectivity index (χ1) is 6.32. The highest BCUT2D eigenvalue weighted by atomic mass is 35.5. The molecule has 76 valence electrons. The van der Waals surface area contributed by atoms with Crippen LogP contribution in [0.4, 0.5) is 8.78 Å². The second-order valence-corrected chi connectivity index (χ2v) is 3.60. The van der Waals surface area contributed by atoms with Crippen LogP contribution in [0.3, 0.4) is 0 Å². The van der Waals surface area contributed by atoms with Crippen molar-refractivity contribution in [3.8, 4) is 0 Å². The lowest BCUT2D eigenvalue weighted by atomic mass is 10.0. The number of rotatable bonds is 2. The van der Waals surface area contributed by atoms with Gasteiger partial charge in [0.1, 0.15) is 0 Å². The molecule has 0 saturated carbocycles. The SMILES string of the molecule is Cc1ccc(C(=O)C(F)(F)Cl)cc1C. The molecule has 0 aliphatic carbocycles. The molecule has 0 heterocycles. The summed E-state index contributed by atoms with van der Waals surface area (Å²) < 4.78 is 24.9. The molecular formula is C10H9ClF2O. The third kappa shape index (κ3) is 2.29. The largest absolute Gasteiger partial charge is 0.384 e. The lowest BCUT2D eigenvalue weighted by Crippen LogP contribution is -2.21. The molecule has 1 rings (SSSR count). The van der Waals surface area contributed by atoms with Crippen LogP contribution in [0.5, 0.6) is 0 Å². The van der Waals surface area contributed by atoms with Gasteiger partial charge in [-0.2, -0.15) is 8.78 Å². The molecule has 0 N–H and O–H groups in total. The van der Waals surface area contributed by atoms with Crippen molar-refractivity contribution in [3.05, 3.63) is 34.9 Å². The van der Waals surface area contributed by atoms with Crippen molar-refractivity contribution in [1.82, 2.24) is 0 Å². The summed E-state index contributed by atoms with van der Waals surface area (Å²) in [5.41, 5.74) is 1.67. The van der Waals surface area contributed by atoms with E-state index >= 15 is 0 Å². The molecule has 1 aromatic rings. The first-order valence-corrected chi connectivity index (χ1v) is 4.39. The van der Waals surface area contributed by atoms with Crippen LogP contribution in [0.15, 0.2) is 18.2 Å². The fourth-order valence-electron chi connectivity index (χ4n) is 1.05. The minimum atomic E-state index is -3.82. The van der Waals surface area contributed by atoms with Crippen molar-refractivity contribution >= 4 is 17.4 Å². The second kappa shape index (κ2) is 3.65. The number of hydrogen-bond donors (Lipinski definition) is 0. The smallest absolute Gasteiger partial charge is 0.286 e. The summed E-state index contributed by atoms with van der Waals surface area (Å²) in [6.45, 7) is 3.58. The van der Waals surface area contributed by atoms with Crippen LogP contribution in [0.1, 0.15) is 21.5 Å². The van der Waals surface area contributed by atoms with Gasteiger partial charge in [-0.05, 0) is 42.6 Å². The Balaban J connectivity index is 3.10. The molecule has 0 aliphatic rings. The minimum Gasteiger partial charge on any atom is -0.286 e. The number of ketones is 1. The highest BCUT2D eigenvalue weighted by Gasteiger charge is 2.36. The average Bonchev–Trinajstić information content (AvgIpc) is 2.07. The van der Waals surface area contributed by atoms with Crippen molar-refractivity contribution in [3.63, 3.8) is 0 Å². The molecule has 0 saturated heterocycles. The van der Waals surface area contributed by atoms with Gasteiger partial charge in [0.25, 0.3) is 0 Å². The summed E-state index contributed by atoms with van der Waals surface area (Å²) in [4.78, 5) is 11.0. The van der Waals surface area contributed by atoms with E-state index in [1.165, 1.54) is 12.1 Å². The Labute approximate surface area is 85.7 Å². The van der Waals surface area contributed by atoms with Crippen LogP contribution >= 0.6 is 11.6 Å². The minimum absolute atomic E-state index is 0.0619. The van der Waals surface area contributed by atoms with Crippen molar-refractivity contribution in [2.75, 3.05) is 0 Å². The molecule has 0 unspecified atom stereocenters. The van der Waals surface area contributed by atoms with E-state index in [9.17, 15) is 13.6 Å². The van der Waals surface area contributed by atoms with Gasteiger partial charge < -0.3 is 0 Å². The van der Waals surface area contributed by atoms with Gasteiger partial charge >= 0.3 is 5.38 Å². The van der Waals surface area contributed by atoms with E-state index < -0.39 is 11.2 Å². The summed E-state index contributed by atoms with van der Waals surface area (Å²) in [5.74, 6) is -1.36. The van der Waals surface area contributed by atoms with Crippen LogP contribution in [-0.2, 0) is 0 Å². The van der Waals surface area contributed by atoms with Crippen molar-refractivity contribution < 1.29 is 13.6 Å². The number of halogens is 3. The van der Waals surface area contributed by atoms with Gasteiger partial charge in [0, 0.05) is 5.56 Å². The van der Waals surface area contributed by atoms with E-state index in [2.05, 4.69) is 11.6 Å². The zero-order valence-corrected chi connectivity index (χ0v) is 8.53. The molecule has 14 heavy (non-hydrogen) atoms. The normalized spacial score (nSPS) is 11.5. The topological polar surface area (TPSA) is 17.1 Å². The van der Waals surface area contributed by atoms with Gasteiger partial charge in [-0.25, -0.2) is 0 Å². The predicted octanol–water partition coefficient (Wildman–Crippen LogP) is 3.32. The second-order valence-electron chi connectivity index (χ2n) is 3.13. The molecule has 1 nitrogen and oxygen atoms in total. The molecule has 0 atom stereocenters. The molecule has 0 amide bonds. The number of alkyl halides is 3. The van der Waals surface area contributed by atoms with Gasteiger partial charge in [0.2, 0.25) is 5.78 Å². The summed E-state index contributed by atoms with van der Waals surface area (Å²) in [7, 11) is 0. The van der Waals surface area contributed by atoms with Crippen LogP contribution in [0.25, 0.3) is 0 Å². The standard InChI is InChI=1S/C10H9ClF2O/c1-6-3-4-8(5-7(6)2)9(14)10(11,12)13/h3-5H,1-2H3. The summed E-state index contributed by atoms with van der Waals surface area (Å²) in [6.07, 6.45) is 0. The van der Waals surface area contributed by atoms with Crippen LogP contribution in [-0.4, -0.2) is 11.2 Å². The number of Topliss-reactive ketones (excluding diaryl/α,β-unsaturated/α-hetero) is 1. The number of hydrogen-bond acceptors (Lipinski definition) is 1.